The highest BCUT2D eigenvalue weighted by Crippen LogP contribution is 2.30. The number of hydrogen-bond acceptors (Lipinski definition) is 2. The van der Waals surface area contributed by atoms with Gasteiger partial charge in [-0.1, -0.05) is 6.92 Å². The molecule has 102 valence electrons. The van der Waals surface area contributed by atoms with Crippen LogP contribution in [0.1, 0.15) is 25.6 Å². The van der Waals surface area contributed by atoms with E-state index in [0.717, 1.165) is 6.54 Å². The SMILES string of the molecule is CCNC(C)c1ccc(-c2c(F)cc(F)cc2F)o1. The third-order valence-corrected chi connectivity index (χ3v) is 2.82. The molecule has 1 unspecified atom stereocenters. The van der Waals surface area contributed by atoms with E-state index in [1.165, 1.54) is 6.07 Å². The van der Waals surface area contributed by atoms with Crippen LogP contribution < -0.4 is 5.32 Å². The molecule has 1 heterocycles. The van der Waals surface area contributed by atoms with Gasteiger partial charge in [0.15, 0.2) is 0 Å². The van der Waals surface area contributed by atoms with Crippen molar-refractivity contribution in [1.29, 1.82) is 0 Å². The topological polar surface area (TPSA) is 25.2 Å². The van der Waals surface area contributed by atoms with Crippen LogP contribution in [0.4, 0.5) is 13.2 Å². The predicted molar refractivity (Wildman–Crippen MR) is 66.1 cm³/mol. The second kappa shape index (κ2) is 5.48. The fraction of sp³-hybridized carbons (Fsp3) is 0.286. The van der Waals surface area contributed by atoms with Gasteiger partial charge in [0.25, 0.3) is 0 Å². The van der Waals surface area contributed by atoms with Crippen molar-refractivity contribution in [3.63, 3.8) is 0 Å². The van der Waals surface area contributed by atoms with Gasteiger partial charge in [-0.3, -0.25) is 0 Å². The highest BCUT2D eigenvalue weighted by atomic mass is 19.1. The summed E-state index contributed by atoms with van der Waals surface area (Å²) in [4.78, 5) is 0. The third kappa shape index (κ3) is 2.81. The molecule has 0 spiro atoms. The molecule has 0 aliphatic carbocycles. The number of rotatable bonds is 4. The average Bonchev–Trinajstić information content (AvgIpc) is 2.77. The lowest BCUT2D eigenvalue weighted by atomic mass is 10.1. The second-order valence-corrected chi connectivity index (χ2v) is 4.23. The summed E-state index contributed by atoms with van der Waals surface area (Å²) in [6.07, 6.45) is 0. The molecule has 1 aromatic carbocycles. The van der Waals surface area contributed by atoms with Gasteiger partial charge in [0, 0.05) is 12.1 Å². The van der Waals surface area contributed by atoms with E-state index < -0.39 is 17.5 Å². The summed E-state index contributed by atoms with van der Waals surface area (Å²) < 4.78 is 45.5. The Morgan fingerprint density at radius 2 is 1.79 bits per heavy atom. The second-order valence-electron chi connectivity index (χ2n) is 4.23. The number of hydrogen-bond donors (Lipinski definition) is 1. The largest absolute Gasteiger partial charge is 0.459 e. The quantitative estimate of drug-likeness (QED) is 0.906. The Kier molecular flexibility index (Phi) is 3.95. The molecule has 19 heavy (non-hydrogen) atoms. The van der Waals surface area contributed by atoms with Crippen molar-refractivity contribution in [1.82, 2.24) is 5.32 Å². The Bertz CT molecular complexity index is 557. The van der Waals surface area contributed by atoms with E-state index in [1.54, 1.807) is 6.07 Å². The first kappa shape index (κ1) is 13.7. The molecule has 2 rings (SSSR count). The number of furan rings is 1. The molecule has 1 atom stereocenters. The van der Waals surface area contributed by atoms with Crippen LogP contribution in [0.5, 0.6) is 0 Å². The van der Waals surface area contributed by atoms with Crippen LogP contribution in [-0.4, -0.2) is 6.54 Å². The molecular weight excluding hydrogens is 255 g/mol. The van der Waals surface area contributed by atoms with Gasteiger partial charge in [-0.15, -0.1) is 0 Å². The Labute approximate surface area is 109 Å². The smallest absolute Gasteiger partial charge is 0.140 e. The Morgan fingerprint density at radius 1 is 1.16 bits per heavy atom. The molecule has 0 amide bonds. The Morgan fingerprint density at radius 3 is 2.37 bits per heavy atom. The maximum Gasteiger partial charge on any atom is 0.140 e. The predicted octanol–water partition coefficient (Wildman–Crippen LogP) is 4.03. The van der Waals surface area contributed by atoms with Crippen molar-refractivity contribution in [2.45, 2.75) is 19.9 Å². The maximum atomic E-state index is 13.6. The molecule has 0 radical (unpaired) electrons. The molecular formula is C14H14F3NO. The lowest BCUT2D eigenvalue weighted by Crippen LogP contribution is -2.16. The number of halogens is 3. The first-order valence-corrected chi connectivity index (χ1v) is 6.01. The van der Waals surface area contributed by atoms with Gasteiger partial charge in [0.2, 0.25) is 0 Å². The number of nitrogens with one attached hydrogen (secondary N) is 1. The summed E-state index contributed by atoms with van der Waals surface area (Å²) in [5.74, 6) is -2.29. The molecule has 0 saturated carbocycles. The van der Waals surface area contributed by atoms with Crippen LogP contribution >= 0.6 is 0 Å². The van der Waals surface area contributed by atoms with Gasteiger partial charge in [-0.25, -0.2) is 13.2 Å². The van der Waals surface area contributed by atoms with E-state index in [4.69, 9.17) is 4.42 Å². The van der Waals surface area contributed by atoms with E-state index >= 15 is 0 Å². The van der Waals surface area contributed by atoms with Gasteiger partial charge in [0.1, 0.15) is 29.0 Å². The minimum Gasteiger partial charge on any atom is -0.459 e. The molecule has 1 aromatic heterocycles. The highest BCUT2D eigenvalue weighted by molar-refractivity contribution is 5.59. The van der Waals surface area contributed by atoms with Crippen LogP contribution in [-0.2, 0) is 0 Å². The van der Waals surface area contributed by atoms with Crippen molar-refractivity contribution in [3.8, 4) is 11.3 Å². The van der Waals surface area contributed by atoms with E-state index in [0.29, 0.717) is 17.9 Å². The lowest BCUT2D eigenvalue weighted by Gasteiger charge is -2.08. The molecule has 5 heteroatoms. The normalized spacial score (nSPS) is 12.7. The molecule has 0 saturated heterocycles. The fourth-order valence-electron chi connectivity index (χ4n) is 1.90. The van der Waals surface area contributed by atoms with Crippen molar-refractivity contribution >= 4 is 0 Å². The van der Waals surface area contributed by atoms with E-state index in [9.17, 15) is 13.2 Å². The summed E-state index contributed by atoms with van der Waals surface area (Å²) in [6.45, 7) is 4.57. The van der Waals surface area contributed by atoms with Crippen LogP contribution in [0, 0.1) is 17.5 Å². The zero-order valence-corrected chi connectivity index (χ0v) is 10.6. The Balaban J connectivity index is 2.38. The van der Waals surface area contributed by atoms with Gasteiger partial charge in [0.05, 0.1) is 11.6 Å². The zero-order valence-electron chi connectivity index (χ0n) is 10.6. The Hall–Kier alpha value is -1.75. The standard InChI is InChI=1S/C14H14F3NO/c1-3-18-8(2)12-4-5-13(19-12)14-10(16)6-9(15)7-11(14)17/h4-8,18H,3H2,1-2H3. The third-order valence-electron chi connectivity index (χ3n) is 2.82. The summed E-state index contributed by atoms with van der Waals surface area (Å²) >= 11 is 0. The van der Waals surface area contributed by atoms with Gasteiger partial charge in [-0.2, -0.15) is 0 Å². The minimum atomic E-state index is -0.977. The lowest BCUT2D eigenvalue weighted by molar-refractivity contribution is 0.440. The van der Waals surface area contributed by atoms with Crippen molar-refractivity contribution in [2.75, 3.05) is 6.54 Å². The van der Waals surface area contributed by atoms with Crippen LogP contribution in [0.25, 0.3) is 11.3 Å². The first-order valence-electron chi connectivity index (χ1n) is 6.01. The molecule has 1 N–H and O–H groups in total. The maximum absolute atomic E-state index is 13.6. The fourth-order valence-corrected chi connectivity index (χ4v) is 1.90. The molecule has 0 aliphatic heterocycles. The zero-order chi connectivity index (χ0) is 14.0. The van der Waals surface area contributed by atoms with Crippen LogP contribution in [0.2, 0.25) is 0 Å². The van der Waals surface area contributed by atoms with Crippen LogP contribution in [0.3, 0.4) is 0 Å². The molecule has 0 fully saturated rings. The highest BCUT2D eigenvalue weighted by Gasteiger charge is 2.18. The van der Waals surface area contributed by atoms with Crippen molar-refractivity contribution in [2.24, 2.45) is 0 Å². The number of benzene rings is 1. The monoisotopic (exact) mass is 269 g/mol. The minimum absolute atomic E-state index is 0.0507. The van der Waals surface area contributed by atoms with Gasteiger partial charge in [-0.05, 0) is 25.6 Å². The van der Waals surface area contributed by atoms with Crippen molar-refractivity contribution in [3.05, 3.63) is 47.5 Å². The van der Waals surface area contributed by atoms with Crippen molar-refractivity contribution < 1.29 is 17.6 Å². The summed E-state index contributed by atoms with van der Waals surface area (Å²) in [5, 5.41) is 3.12. The van der Waals surface area contributed by atoms with Gasteiger partial charge < -0.3 is 9.73 Å². The summed E-state index contributed by atoms with van der Waals surface area (Å²) in [7, 11) is 0. The molecule has 2 nitrogen and oxygen atoms in total. The van der Waals surface area contributed by atoms with E-state index in [1.807, 2.05) is 13.8 Å². The molecule has 0 aliphatic rings. The summed E-state index contributed by atoms with van der Waals surface area (Å²) in [5.41, 5.74) is -0.351. The molecule has 0 bridgehead atoms. The van der Waals surface area contributed by atoms with E-state index in [-0.39, 0.29) is 17.4 Å². The van der Waals surface area contributed by atoms with E-state index in [2.05, 4.69) is 5.32 Å². The van der Waals surface area contributed by atoms with Gasteiger partial charge >= 0.3 is 0 Å². The first-order chi connectivity index (χ1) is 9.02. The molecule has 2 aromatic rings. The summed E-state index contributed by atoms with van der Waals surface area (Å²) in [6, 6.07) is 4.32. The average molecular weight is 269 g/mol. The van der Waals surface area contributed by atoms with Crippen LogP contribution in [0.15, 0.2) is 28.7 Å².